The first kappa shape index (κ1) is 7.51. The Hall–Kier alpha value is 0.400. The smallest absolute Gasteiger partial charge is 0.0731 e. The van der Waals surface area contributed by atoms with Gasteiger partial charge in [-0.05, 0) is 24.0 Å². The zero-order valence-corrected chi connectivity index (χ0v) is 7.83. The summed E-state index contributed by atoms with van der Waals surface area (Å²) in [6, 6.07) is 2.17. The summed E-state index contributed by atoms with van der Waals surface area (Å²) in [5.41, 5.74) is 0. The van der Waals surface area contributed by atoms with Gasteiger partial charge >= 0.3 is 0 Å². The van der Waals surface area contributed by atoms with Gasteiger partial charge in [-0.2, -0.15) is 0 Å². The molecular formula is C6H8S3. The first-order chi connectivity index (χ1) is 4.38. The van der Waals surface area contributed by atoms with Crippen LogP contribution < -0.4 is 0 Å². The van der Waals surface area contributed by atoms with E-state index < -0.39 is 0 Å². The van der Waals surface area contributed by atoms with Gasteiger partial charge in [0, 0.05) is 4.90 Å². The van der Waals surface area contributed by atoms with E-state index in [1.54, 1.807) is 0 Å². The fourth-order valence-corrected chi connectivity index (χ4v) is 3.27. The van der Waals surface area contributed by atoms with Crippen LogP contribution >= 0.6 is 34.9 Å². The second-order valence-corrected chi connectivity index (χ2v) is 4.32. The Morgan fingerprint density at radius 1 is 1.33 bits per heavy atom. The van der Waals surface area contributed by atoms with Crippen LogP contribution in [0.4, 0.5) is 0 Å². The molecule has 0 aromatic carbocycles. The summed E-state index contributed by atoms with van der Waals surface area (Å²) in [5, 5.41) is 2.14. The number of thioether (sulfide) groups is 2. The lowest BCUT2D eigenvalue weighted by Crippen LogP contribution is -1.61. The molecule has 0 nitrogen and oxygen atoms in total. The zero-order valence-electron chi connectivity index (χ0n) is 5.38. The minimum atomic E-state index is 1.41. The standard InChI is InChI=1S/C6H8S3/c1-7-5-3-4-9-6(5)8-2/h3-4H,1-2H3. The van der Waals surface area contributed by atoms with Crippen LogP contribution in [0.3, 0.4) is 0 Å². The van der Waals surface area contributed by atoms with Gasteiger partial charge in [0.25, 0.3) is 0 Å². The summed E-state index contributed by atoms with van der Waals surface area (Å²) >= 11 is 5.46. The summed E-state index contributed by atoms with van der Waals surface area (Å²) in [7, 11) is 0. The minimum Gasteiger partial charge on any atom is -0.136 e. The molecule has 9 heavy (non-hydrogen) atoms. The maximum atomic E-state index is 2.17. The summed E-state index contributed by atoms with van der Waals surface area (Å²) in [6.45, 7) is 0. The molecule has 0 bridgehead atoms. The molecule has 1 aromatic heterocycles. The Bertz CT molecular complexity index is 162. The largest absolute Gasteiger partial charge is 0.136 e. The lowest BCUT2D eigenvalue weighted by atomic mass is 10.7. The highest BCUT2D eigenvalue weighted by Crippen LogP contribution is 2.32. The molecule has 0 atom stereocenters. The second kappa shape index (κ2) is 3.54. The molecule has 0 N–H and O–H groups in total. The number of hydrogen-bond donors (Lipinski definition) is 0. The van der Waals surface area contributed by atoms with Crippen LogP contribution in [0.2, 0.25) is 0 Å². The van der Waals surface area contributed by atoms with Crippen LogP contribution in [0, 0.1) is 0 Å². The molecule has 1 rings (SSSR count). The quantitative estimate of drug-likeness (QED) is 0.635. The minimum absolute atomic E-state index is 1.41. The molecule has 0 saturated heterocycles. The first-order valence-electron chi connectivity index (χ1n) is 2.54. The highest BCUT2D eigenvalue weighted by atomic mass is 32.2. The molecule has 0 aliphatic heterocycles. The highest BCUT2D eigenvalue weighted by Gasteiger charge is 1.98. The number of thiophene rings is 1. The lowest BCUT2D eigenvalue weighted by molar-refractivity contribution is 1.41. The van der Waals surface area contributed by atoms with Gasteiger partial charge in [-0.3, -0.25) is 0 Å². The summed E-state index contributed by atoms with van der Waals surface area (Å²) < 4.78 is 1.43. The van der Waals surface area contributed by atoms with Crippen LogP contribution in [-0.2, 0) is 0 Å². The molecule has 0 unspecified atom stereocenters. The molecule has 1 heterocycles. The Morgan fingerprint density at radius 2 is 2.11 bits per heavy atom. The zero-order chi connectivity index (χ0) is 6.69. The fraction of sp³-hybridized carbons (Fsp3) is 0.333. The third kappa shape index (κ3) is 1.66. The van der Waals surface area contributed by atoms with Crippen molar-refractivity contribution < 1.29 is 0 Å². The van der Waals surface area contributed by atoms with Gasteiger partial charge in [-0.1, -0.05) is 0 Å². The van der Waals surface area contributed by atoms with Crippen LogP contribution in [0.5, 0.6) is 0 Å². The van der Waals surface area contributed by atoms with E-state index in [1.807, 2.05) is 34.9 Å². The van der Waals surface area contributed by atoms with Gasteiger partial charge in [0.05, 0.1) is 4.21 Å². The van der Waals surface area contributed by atoms with E-state index in [-0.39, 0.29) is 0 Å². The van der Waals surface area contributed by atoms with Crippen molar-refractivity contribution in [2.24, 2.45) is 0 Å². The first-order valence-corrected chi connectivity index (χ1v) is 5.87. The van der Waals surface area contributed by atoms with E-state index >= 15 is 0 Å². The topological polar surface area (TPSA) is 0 Å². The van der Waals surface area contributed by atoms with Gasteiger partial charge in [0.1, 0.15) is 0 Å². The van der Waals surface area contributed by atoms with Gasteiger partial charge < -0.3 is 0 Å². The van der Waals surface area contributed by atoms with Crippen LogP contribution in [0.15, 0.2) is 20.6 Å². The van der Waals surface area contributed by atoms with Crippen molar-refractivity contribution in [2.45, 2.75) is 9.10 Å². The third-order valence-electron chi connectivity index (χ3n) is 1.00. The van der Waals surface area contributed by atoms with Crippen molar-refractivity contribution in [2.75, 3.05) is 12.5 Å². The lowest BCUT2D eigenvalue weighted by Gasteiger charge is -1.92. The maximum Gasteiger partial charge on any atom is 0.0731 e. The maximum absolute atomic E-state index is 2.17. The molecule has 1 aromatic rings. The molecule has 0 saturated carbocycles. The van der Waals surface area contributed by atoms with Gasteiger partial charge in [-0.25, -0.2) is 0 Å². The van der Waals surface area contributed by atoms with Crippen molar-refractivity contribution in [1.82, 2.24) is 0 Å². The van der Waals surface area contributed by atoms with Crippen LogP contribution in [0.25, 0.3) is 0 Å². The second-order valence-electron chi connectivity index (χ2n) is 1.48. The van der Waals surface area contributed by atoms with Crippen molar-refractivity contribution in [3.63, 3.8) is 0 Å². The summed E-state index contributed by atoms with van der Waals surface area (Å²) in [6.07, 6.45) is 4.23. The van der Waals surface area contributed by atoms with Crippen LogP contribution in [-0.4, -0.2) is 12.5 Å². The predicted octanol–water partition coefficient (Wildman–Crippen LogP) is 3.19. The summed E-state index contributed by atoms with van der Waals surface area (Å²) in [4.78, 5) is 1.41. The molecule has 0 aliphatic rings. The average Bonchev–Trinajstić information content (AvgIpc) is 2.33. The van der Waals surface area contributed by atoms with Gasteiger partial charge in [0.15, 0.2) is 0 Å². The van der Waals surface area contributed by atoms with Crippen molar-refractivity contribution in [1.29, 1.82) is 0 Å². The molecule has 0 fully saturated rings. The Kier molecular flexibility index (Phi) is 2.95. The molecule has 3 heteroatoms. The van der Waals surface area contributed by atoms with Crippen molar-refractivity contribution in [3.05, 3.63) is 11.4 Å². The van der Waals surface area contributed by atoms with E-state index in [9.17, 15) is 0 Å². The molecule has 0 radical (unpaired) electrons. The van der Waals surface area contributed by atoms with Crippen LogP contribution in [0.1, 0.15) is 0 Å². The predicted molar refractivity (Wildman–Crippen MR) is 47.9 cm³/mol. The Labute approximate surface area is 68.0 Å². The third-order valence-corrected chi connectivity index (χ3v) is 4.12. The van der Waals surface area contributed by atoms with E-state index in [2.05, 4.69) is 24.0 Å². The number of hydrogen-bond acceptors (Lipinski definition) is 3. The van der Waals surface area contributed by atoms with Crippen molar-refractivity contribution >= 4 is 34.9 Å². The summed E-state index contributed by atoms with van der Waals surface area (Å²) in [5.74, 6) is 0. The van der Waals surface area contributed by atoms with E-state index in [1.165, 1.54) is 9.10 Å². The SMILES string of the molecule is CSc1ccsc1SC. The monoisotopic (exact) mass is 176 g/mol. The van der Waals surface area contributed by atoms with Crippen molar-refractivity contribution in [3.8, 4) is 0 Å². The van der Waals surface area contributed by atoms with Gasteiger partial charge in [0.2, 0.25) is 0 Å². The number of rotatable bonds is 2. The molecule has 0 amide bonds. The van der Waals surface area contributed by atoms with E-state index in [0.717, 1.165) is 0 Å². The average molecular weight is 176 g/mol. The normalized spacial score (nSPS) is 10.0. The molecule has 0 spiro atoms. The highest BCUT2D eigenvalue weighted by molar-refractivity contribution is 8.03. The molecule has 0 aliphatic carbocycles. The molecule has 50 valence electrons. The van der Waals surface area contributed by atoms with Gasteiger partial charge in [-0.15, -0.1) is 34.9 Å². The Balaban J connectivity index is 2.85. The van der Waals surface area contributed by atoms with E-state index in [4.69, 9.17) is 0 Å². The molecular weight excluding hydrogens is 168 g/mol. The Morgan fingerprint density at radius 3 is 2.56 bits per heavy atom. The van der Waals surface area contributed by atoms with E-state index in [0.29, 0.717) is 0 Å². The fourth-order valence-electron chi connectivity index (χ4n) is 0.584.